The molecule has 7 nitrogen and oxygen atoms in total. The largest absolute Gasteiger partial charge is 0.357 e. The van der Waals surface area contributed by atoms with Crippen LogP contribution in [0.1, 0.15) is 18.1 Å². The number of nitrogens with one attached hydrogen (secondary N) is 1. The van der Waals surface area contributed by atoms with Crippen molar-refractivity contribution in [2.24, 2.45) is 0 Å². The van der Waals surface area contributed by atoms with E-state index in [1.807, 2.05) is 0 Å². The van der Waals surface area contributed by atoms with Gasteiger partial charge in [-0.25, -0.2) is 8.42 Å². The summed E-state index contributed by atoms with van der Waals surface area (Å²) in [4.78, 5) is 26.8. The van der Waals surface area contributed by atoms with Crippen molar-refractivity contribution < 1.29 is 18.0 Å². The second-order valence-electron chi connectivity index (χ2n) is 7.00. The molecule has 162 valence electrons. The highest BCUT2D eigenvalue weighted by Gasteiger charge is 2.30. The second-order valence-corrected chi connectivity index (χ2v) is 9.34. The summed E-state index contributed by atoms with van der Waals surface area (Å²) in [5, 5.41) is 3.04. The molecule has 30 heavy (non-hydrogen) atoms. The highest BCUT2D eigenvalue weighted by atomic mass is 35.5. The summed E-state index contributed by atoms with van der Waals surface area (Å²) in [5.74, 6) is -0.855. The number of sulfonamides is 1. The number of likely N-dealkylation sites (N-methyl/N-ethyl adjacent to an activating group) is 1. The zero-order valence-corrected chi connectivity index (χ0v) is 19.0. The molecule has 0 radical (unpaired) electrons. The van der Waals surface area contributed by atoms with Gasteiger partial charge in [-0.1, -0.05) is 41.9 Å². The van der Waals surface area contributed by atoms with E-state index in [1.54, 1.807) is 62.4 Å². The van der Waals surface area contributed by atoms with Crippen LogP contribution in [-0.4, -0.2) is 51.0 Å². The molecule has 9 heteroatoms. The maximum atomic E-state index is 13.2. The van der Waals surface area contributed by atoms with Crippen LogP contribution in [0.3, 0.4) is 0 Å². The van der Waals surface area contributed by atoms with Gasteiger partial charge in [-0.05, 0) is 43.2 Å². The fourth-order valence-corrected chi connectivity index (χ4v) is 4.18. The van der Waals surface area contributed by atoms with Crippen LogP contribution in [0.2, 0.25) is 5.02 Å². The van der Waals surface area contributed by atoms with Crippen LogP contribution in [0.5, 0.6) is 0 Å². The lowest BCUT2D eigenvalue weighted by Crippen LogP contribution is -2.50. The van der Waals surface area contributed by atoms with Crippen molar-refractivity contribution in [1.29, 1.82) is 0 Å². The van der Waals surface area contributed by atoms with Gasteiger partial charge in [0.1, 0.15) is 12.6 Å². The van der Waals surface area contributed by atoms with E-state index in [-0.39, 0.29) is 12.5 Å². The minimum Gasteiger partial charge on any atom is -0.357 e. The van der Waals surface area contributed by atoms with Crippen molar-refractivity contribution in [2.45, 2.75) is 26.4 Å². The Hall–Kier alpha value is -2.58. The van der Waals surface area contributed by atoms with Crippen LogP contribution >= 0.6 is 11.6 Å². The molecule has 0 fully saturated rings. The fraction of sp³-hybridized carbons (Fsp3) is 0.333. The minimum atomic E-state index is -3.74. The molecule has 0 bridgehead atoms. The van der Waals surface area contributed by atoms with Gasteiger partial charge in [0, 0.05) is 18.6 Å². The van der Waals surface area contributed by atoms with E-state index in [9.17, 15) is 18.0 Å². The Labute approximate surface area is 182 Å². The molecular formula is C21H26ClN3O4S. The number of para-hydroxylation sites is 1. The topological polar surface area (TPSA) is 86.8 Å². The lowest BCUT2D eigenvalue weighted by molar-refractivity contribution is -0.139. The first-order valence-corrected chi connectivity index (χ1v) is 11.6. The molecule has 2 amide bonds. The third kappa shape index (κ3) is 5.96. The molecule has 0 heterocycles. The number of nitrogens with zero attached hydrogens (tertiary/aromatic N) is 2. The van der Waals surface area contributed by atoms with Crippen molar-refractivity contribution in [2.75, 3.05) is 24.2 Å². The Morgan fingerprint density at radius 3 is 2.37 bits per heavy atom. The third-order valence-corrected chi connectivity index (χ3v) is 6.08. The Kier molecular flexibility index (Phi) is 7.86. The van der Waals surface area contributed by atoms with Crippen molar-refractivity contribution in [1.82, 2.24) is 10.2 Å². The normalized spacial score (nSPS) is 12.2. The lowest BCUT2D eigenvalue weighted by Gasteiger charge is -2.31. The molecule has 2 rings (SSSR count). The summed E-state index contributed by atoms with van der Waals surface area (Å²) < 4.78 is 26.0. The van der Waals surface area contributed by atoms with E-state index in [1.165, 1.54) is 11.9 Å². The maximum absolute atomic E-state index is 13.2. The SMILES string of the molecule is CNC(=O)[C@H](C)N(Cc1cccc(Cl)c1)C(=O)CN(c1ccccc1C)S(C)(=O)=O. The van der Waals surface area contributed by atoms with Crippen LogP contribution < -0.4 is 9.62 Å². The van der Waals surface area contributed by atoms with Crippen LogP contribution in [0.25, 0.3) is 0 Å². The number of aryl methyl sites for hydroxylation is 1. The summed E-state index contributed by atoms with van der Waals surface area (Å²) in [7, 11) is -2.25. The smallest absolute Gasteiger partial charge is 0.244 e. The predicted molar refractivity (Wildman–Crippen MR) is 119 cm³/mol. The molecule has 0 unspecified atom stereocenters. The Morgan fingerprint density at radius 1 is 1.13 bits per heavy atom. The summed E-state index contributed by atoms with van der Waals surface area (Å²) in [6, 6.07) is 13.1. The first-order chi connectivity index (χ1) is 14.0. The molecule has 1 N–H and O–H groups in total. The minimum absolute atomic E-state index is 0.110. The Morgan fingerprint density at radius 2 is 1.80 bits per heavy atom. The van der Waals surface area contributed by atoms with Gasteiger partial charge in [0.15, 0.2) is 0 Å². The standard InChI is InChI=1S/C21H26ClN3O4S/c1-15-8-5-6-11-19(15)25(30(4,28)29)14-20(26)24(16(2)21(27)23-3)13-17-9-7-10-18(22)12-17/h5-12,16H,13-14H2,1-4H3,(H,23,27)/t16-/m0/s1. The predicted octanol–water partition coefficient (Wildman–Crippen LogP) is 2.58. The third-order valence-electron chi connectivity index (χ3n) is 4.72. The van der Waals surface area contributed by atoms with E-state index in [0.717, 1.165) is 21.7 Å². The number of benzene rings is 2. The average Bonchev–Trinajstić information content (AvgIpc) is 2.69. The van der Waals surface area contributed by atoms with E-state index in [4.69, 9.17) is 11.6 Å². The molecule has 2 aromatic carbocycles. The van der Waals surface area contributed by atoms with Gasteiger partial charge in [0.05, 0.1) is 11.9 Å². The number of hydrogen-bond donors (Lipinski definition) is 1. The molecule has 0 aliphatic carbocycles. The highest BCUT2D eigenvalue weighted by Crippen LogP contribution is 2.23. The fourth-order valence-electron chi connectivity index (χ4n) is 3.06. The van der Waals surface area contributed by atoms with Crippen LogP contribution in [0, 0.1) is 6.92 Å². The van der Waals surface area contributed by atoms with E-state index in [2.05, 4.69) is 5.32 Å². The summed E-state index contributed by atoms with van der Waals surface area (Å²) >= 11 is 6.05. The van der Waals surface area contributed by atoms with E-state index >= 15 is 0 Å². The van der Waals surface area contributed by atoms with Crippen LogP contribution in [-0.2, 0) is 26.2 Å². The number of halogens is 1. The maximum Gasteiger partial charge on any atom is 0.244 e. The number of anilines is 1. The number of amides is 2. The summed E-state index contributed by atoms with van der Waals surface area (Å²) in [6.45, 7) is 3.06. The van der Waals surface area contributed by atoms with Crippen LogP contribution in [0.15, 0.2) is 48.5 Å². The molecular weight excluding hydrogens is 426 g/mol. The van der Waals surface area contributed by atoms with Crippen molar-refractivity contribution in [3.8, 4) is 0 Å². The van der Waals surface area contributed by atoms with Gasteiger partial charge in [-0.15, -0.1) is 0 Å². The van der Waals surface area contributed by atoms with E-state index < -0.39 is 28.5 Å². The molecule has 2 aromatic rings. The quantitative estimate of drug-likeness (QED) is 0.668. The molecule has 0 aliphatic rings. The zero-order chi connectivity index (χ0) is 22.5. The number of rotatable bonds is 8. The molecule has 1 atom stereocenters. The van der Waals surface area contributed by atoms with Gasteiger partial charge in [0.25, 0.3) is 0 Å². The molecule has 0 spiro atoms. The van der Waals surface area contributed by atoms with Crippen molar-refractivity contribution in [3.63, 3.8) is 0 Å². The van der Waals surface area contributed by atoms with Gasteiger partial charge in [-0.2, -0.15) is 0 Å². The average molecular weight is 452 g/mol. The summed E-state index contributed by atoms with van der Waals surface area (Å²) in [5.41, 5.74) is 1.87. The van der Waals surface area contributed by atoms with Gasteiger partial charge in [-0.3, -0.25) is 13.9 Å². The van der Waals surface area contributed by atoms with Gasteiger partial charge < -0.3 is 10.2 Å². The first-order valence-electron chi connectivity index (χ1n) is 9.33. The Balaban J connectivity index is 2.40. The van der Waals surface area contributed by atoms with Gasteiger partial charge >= 0.3 is 0 Å². The monoisotopic (exact) mass is 451 g/mol. The van der Waals surface area contributed by atoms with Gasteiger partial charge in [0.2, 0.25) is 21.8 Å². The number of carbonyl (C=O) groups excluding carboxylic acids is 2. The van der Waals surface area contributed by atoms with Crippen LogP contribution in [0.4, 0.5) is 5.69 Å². The molecule has 0 saturated carbocycles. The molecule has 0 saturated heterocycles. The highest BCUT2D eigenvalue weighted by molar-refractivity contribution is 7.92. The van der Waals surface area contributed by atoms with E-state index in [0.29, 0.717) is 10.7 Å². The zero-order valence-electron chi connectivity index (χ0n) is 17.4. The lowest BCUT2D eigenvalue weighted by atomic mass is 10.1. The number of hydrogen-bond acceptors (Lipinski definition) is 4. The Bertz CT molecular complexity index is 1030. The van der Waals surface area contributed by atoms with Crippen molar-refractivity contribution >= 4 is 39.1 Å². The van der Waals surface area contributed by atoms with Crippen molar-refractivity contribution in [3.05, 3.63) is 64.7 Å². The molecule has 0 aliphatic heterocycles. The second kappa shape index (κ2) is 9.95. The number of carbonyl (C=O) groups is 2. The first kappa shape index (κ1) is 23.7. The molecule has 0 aromatic heterocycles. The summed E-state index contributed by atoms with van der Waals surface area (Å²) in [6.07, 6.45) is 1.05.